The third-order valence-corrected chi connectivity index (χ3v) is 5.20. The molecule has 1 aliphatic rings. The lowest BCUT2D eigenvalue weighted by Gasteiger charge is -2.30. The number of amides is 1. The Kier molecular flexibility index (Phi) is 6.41. The zero-order valence-corrected chi connectivity index (χ0v) is 17.1. The number of nitrogen functional groups attached to an aromatic ring is 1. The van der Waals surface area contributed by atoms with E-state index in [0.29, 0.717) is 24.3 Å². The molecule has 0 saturated carbocycles. The van der Waals surface area contributed by atoms with Gasteiger partial charge in [-0.15, -0.1) is 0 Å². The number of hydrogen-bond donors (Lipinski definition) is 2. The number of aryl methyl sites for hydroxylation is 1. The van der Waals surface area contributed by atoms with Crippen LogP contribution in [0.5, 0.6) is 0 Å². The summed E-state index contributed by atoms with van der Waals surface area (Å²) in [5, 5.41) is 2.75. The predicted octanol–water partition coefficient (Wildman–Crippen LogP) is 1.94. The molecule has 0 aliphatic carbocycles. The summed E-state index contributed by atoms with van der Waals surface area (Å²) in [6.45, 7) is 5.38. The van der Waals surface area contributed by atoms with Gasteiger partial charge < -0.3 is 16.0 Å². The van der Waals surface area contributed by atoms with Crippen molar-refractivity contribution in [1.82, 2.24) is 9.13 Å². The molecular formula is C21H29N5O3. The number of aromatic nitrogens is 2. The standard InChI is InChI=1S/C21H29N5O3/c1-3-11-25-19(22)18(24-12-5-4-6-13-24)20(28)26(21(25)29)14-17(27)23-16-9-7-15(2)8-10-16/h7-10H,3-6,11-14,22H2,1-2H3,(H,23,27). The van der Waals surface area contributed by atoms with Gasteiger partial charge >= 0.3 is 5.69 Å². The van der Waals surface area contributed by atoms with Crippen molar-refractivity contribution in [3.05, 3.63) is 50.7 Å². The molecule has 8 heteroatoms. The summed E-state index contributed by atoms with van der Waals surface area (Å²) < 4.78 is 2.41. The Balaban J connectivity index is 1.97. The van der Waals surface area contributed by atoms with Gasteiger partial charge in [-0.25, -0.2) is 9.36 Å². The molecule has 0 unspecified atom stereocenters. The normalized spacial score (nSPS) is 14.1. The predicted molar refractivity (Wildman–Crippen MR) is 116 cm³/mol. The van der Waals surface area contributed by atoms with Crippen LogP contribution in [0.25, 0.3) is 0 Å². The maximum absolute atomic E-state index is 13.1. The third kappa shape index (κ3) is 4.52. The summed E-state index contributed by atoms with van der Waals surface area (Å²) in [6, 6.07) is 7.34. The van der Waals surface area contributed by atoms with Crippen molar-refractivity contribution < 1.29 is 4.79 Å². The number of piperidine rings is 1. The van der Waals surface area contributed by atoms with Gasteiger partial charge in [0.15, 0.2) is 0 Å². The summed E-state index contributed by atoms with van der Waals surface area (Å²) in [7, 11) is 0. The molecule has 2 aromatic rings. The lowest BCUT2D eigenvalue weighted by molar-refractivity contribution is -0.116. The topological polar surface area (TPSA) is 102 Å². The van der Waals surface area contributed by atoms with Gasteiger partial charge in [0.2, 0.25) is 5.91 Å². The molecule has 0 radical (unpaired) electrons. The van der Waals surface area contributed by atoms with Crippen molar-refractivity contribution in [2.24, 2.45) is 0 Å². The van der Waals surface area contributed by atoms with Crippen LogP contribution in [-0.2, 0) is 17.9 Å². The molecule has 29 heavy (non-hydrogen) atoms. The molecule has 1 aliphatic heterocycles. The summed E-state index contributed by atoms with van der Waals surface area (Å²) in [6.07, 6.45) is 3.74. The molecule has 1 aromatic carbocycles. The van der Waals surface area contributed by atoms with Crippen LogP contribution < -0.4 is 27.2 Å². The first-order valence-corrected chi connectivity index (χ1v) is 10.2. The van der Waals surface area contributed by atoms with Gasteiger partial charge in [0.1, 0.15) is 18.1 Å². The monoisotopic (exact) mass is 399 g/mol. The smallest absolute Gasteiger partial charge is 0.333 e. The van der Waals surface area contributed by atoms with E-state index in [1.165, 1.54) is 4.57 Å². The molecule has 156 valence electrons. The van der Waals surface area contributed by atoms with Crippen molar-refractivity contribution in [1.29, 1.82) is 0 Å². The fraction of sp³-hybridized carbons (Fsp3) is 0.476. The molecule has 1 fully saturated rings. The number of nitrogens with one attached hydrogen (secondary N) is 1. The van der Waals surface area contributed by atoms with Crippen LogP contribution in [-0.4, -0.2) is 28.1 Å². The van der Waals surface area contributed by atoms with Crippen molar-refractivity contribution in [3.63, 3.8) is 0 Å². The number of rotatable bonds is 6. The van der Waals surface area contributed by atoms with Crippen LogP contribution in [0.1, 0.15) is 38.2 Å². The van der Waals surface area contributed by atoms with Crippen LogP contribution in [0.2, 0.25) is 0 Å². The highest BCUT2D eigenvalue weighted by Crippen LogP contribution is 2.21. The van der Waals surface area contributed by atoms with E-state index in [2.05, 4.69) is 5.32 Å². The fourth-order valence-corrected chi connectivity index (χ4v) is 3.68. The fourth-order valence-electron chi connectivity index (χ4n) is 3.68. The van der Waals surface area contributed by atoms with Gasteiger partial charge in [0, 0.05) is 25.3 Å². The number of nitrogens with zero attached hydrogens (tertiary/aromatic N) is 3. The van der Waals surface area contributed by atoms with Crippen molar-refractivity contribution in [2.45, 2.75) is 52.6 Å². The molecule has 3 rings (SSSR count). The Labute approximate surface area is 169 Å². The Morgan fingerprint density at radius 2 is 1.72 bits per heavy atom. The zero-order valence-electron chi connectivity index (χ0n) is 17.1. The lowest BCUT2D eigenvalue weighted by atomic mass is 10.1. The van der Waals surface area contributed by atoms with Crippen LogP contribution in [0.15, 0.2) is 33.9 Å². The SMILES string of the molecule is CCCn1c(N)c(N2CCCCC2)c(=O)n(CC(=O)Nc2ccc(C)cc2)c1=O. The molecule has 1 saturated heterocycles. The minimum Gasteiger partial charge on any atom is -0.383 e. The average molecular weight is 399 g/mol. The van der Waals surface area contributed by atoms with Crippen LogP contribution in [0.3, 0.4) is 0 Å². The third-order valence-electron chi connectivity index (χ3n) is 5.20. The van der Waals surface area contributed by atoms with E-state index in [1.54, 1.807) is 12.1 Å². The highest BCUT2D eigenvalue weighted by atomic mass is 16.2. The lowest BCUT2D eigenvalue weighted by Crippen LogP contribution is -2.47. The van der Waals surface area contributed by atoms with Crippen LogP contribution >= 0.6 is 0 Å². The number of benzene rings is 1. The van der Waals surface area contributed by atoms with Gasteiger partial charge in [0.05, 0.1) is 0 Å². The quantitative estimate of drug-likeness (QED) is 0.773. The van der Waals surface area contributed by atoms with Gasteiger partial charge in [-0.05, 0) is 44.7 Å². The van der Waals surface area contributed by atoms with E-state index in [0.717, 1.165) is 42.5 Å². The van der Waals surface area contributed by atoms with E-state index in [-0.39, 0.29) is 12.4 Å². The first-order chi connectivity index (χ1) is 13.9. The van der Waals surface area contributed by atoms with Gasteiger partial charge in [0.25, 0.3) is 5.56 Å². The van der Waals surface area contributed by atoms with E-state index in [9.17, 15) is 14.4 Å². The van der Waals surface area contributed by atoms with Gasteiger partial charge in [-0.1, -0.05) is 24.6 Å². The van der Waals surface area contributed by atoms with Gasteiger partial charge in [-0.2, -0.15) is 0 Å². The molecule has 0 bridgehead atoms. The van der Waals surface area contributed by atoms with Crippen molar-refractivity contribution in [3.8, 4) is 0 Å². The first-order valence-electron chi connectivity index (χ1n) is 10.2. The number of nitrogens with two attached hydrogens (primary N) is 1. The maximum atomic E-state index is 13.1. The van der Waals surface area contributed by atoms with E-state index >= 15 is 0 Å². The average Bonchev–Trinajstić information content (AvgIpc) is 2.71. The molecule has 8 nitrogen and oxygen atoms in total. The summed E-state index contributed by atoms with van der Waals surface area (Å²) in [5.41, 5.74) is 7.23. The number of hydrogen-bond acceptors (Lipinski definition) is 5. The van der Waals surface area contributed by atoms with Crippen molar-refractivity contribution in [2.75, 3.05) is 29.0 Å². The Morgan fingerprint density at radius 3 is 2.34 bits per heavy atom. The summed E-state index contributed by atoms with van der Waals surface area (Å²) in [5.74, 6) is -0.232. The second-order valence-electron chi connectivity index (χ2n) is 7.52. The second kappa shape index (κ2) is 8.98. The first kappa shape index (κ1) is 20.7. The van der Waals surface area contributed by atoms with Crippen LogP contribution in [0.4, 0.5) is 17.2 Å². The summed E-state index contributed by atoms with van der Waals surface area (Å²) >= 11 is 0. The highest BCUT2D eigenvalue weighted by Gasteiger charge is 2.24. The Hall–Kier alpha value is -3.03. The number of carbonyl (C=O) groups is 1. The molecule has 0 atom stereocenters. The Morgan fingerprint density at radius 1 is 1.07 bits per heavy atom. The maximum Gasteiger partial charge on any atom is 0.333 e. The van der Waals surface area contributed by atoms with Crippen molar-refractivity contribution >= 4 is 23.1 Å². The molecule has 2 heterocycles. The number of anilines is 3. The Bertz CT molecular complexity index is 985. The molecular weight excluding hydrogens is 370 g/mol. The zero-order chi connectivity index (χ0) is 21.0. The van der Waals surface area contributed by atoms with Crippen LogP contribution in [0, 0.1) is 6.92 Å². The molecule has 1 aromatic heterocycles. The minimum absolute atomic E-state index is 0.193. The molecule has 1 amide bonds. The van der Waals surface area contributed by atoms with E-state index < -0.39 is 17.2 Å². The molecule has 0 spiro atoms. The van der Waals surface area contributed by atoms with E-state index in [4.69, 9.17) is 5.73 Å². The molecule has 3 N–H and O–H groups in total. The van der Waals surface area contributed by atoms with Gasteiger partial charge in [-0.3, -0.25) is 14.2 Å². The van der Waals surface area contributed by atoms with E-state index in [1.807, 2.05) is 30.9 Å². The minimum atomic E-state index is -0.547. The highest BCUT2D eigenvalue weighted by molar-refractivity contribution is 5.90. The largest absolute Gasteiger partial charge is 0.383 e. The second-order valence-corrected chi connectivity index (χ2v) is 7.52. The number of carbonyl (C=O) groups excluding carboxylic acids is 1. The summed E-state index contributed by atoms with van der Waals surface area (Å²) in [4.78, 5) is 40.6.